The van der Waals surface area contributed by atoms with Crippen molar-refractivity contribution in [2.75, 3.05) is 32.7 Å². The molecule has 1 saturated carbocycles. The summed E-state index contributed by atoms with van der Waals surface area (Å²) in [6.07, 6.45) is 6.93. The van der Waals surface area contributed by atoms with Gasteiger partial charge in [0.25, 0.3) is 0 Å². The van der Waals surface area contributed by atoms with Crippen molar-refractivity contribution in [3.05, 3.63) is 0 Å². The summed E-state index contributed by atoms with van der Waals surface area (Å²) in [4.78, 5) is 16.4. The minimum Gasteiger partial charge on any atom is -0.392 e. The molecule has 0 aromatic rings. The fourth-order valence-electron chi connectivity index (χ4n) is 3.34. The third-order valence-electron chi connectivity index (χ3n) is 4.49. The molecule has 0 aromatic heterocycles. The molecule has 1 heterocycles. The van der Waals surface area contributed by atoms with Crippen molar-refractivity contribution in [2.45, 2.75) is 51.6 Å². The molecule has 1 aliphatic heterocycles. The van der Waals surface area contributed by atoms with Crippen molar-refractivity contribution >= 4 is 5.91 Å². The quantitative estimate of drug-likeness (QED) is 0.821. The third kappa shape index (κ3) is 4.77. The van der Waals surface area contributed by atoms with Crippen LogP contribution in [0.4, 0.5) is 0 Å². The maximum Gasteiger partial charge on any atom is 0.222 e. The van der Waals surface area contributed by atoms with E-state index in [1.54, 1.807) is 0 Å². The number of aliphatic hydroxyl groups is 1. The predicted molar refractivity (Wildman–Crippen MR) is 75.9 cm³/mol. The van der Waals surface area contributed by atoms with Crippen molar-refractivity contribution in [1.82, 2.24) is 9.80 Å². The SMILES string of the molecule is C[C@H](O)CN1CCN(C(=O)CCC2CCCC2)CC1. The standard InChI is InChI=1S/C15H28N2O2/c1-13(18)12-16-8-10-17(11-9-16)15(19)7-6-14-4-2-3-5-14/h13-14,18H,2-12H2,1H3/t13-/m0/s1. The van der Waals surface area contributed by atoms with E-state index in [-0.39, 0.29) is 6.10 Å². The predicted octanol–water partition coefficient (Wildman–Crippen LogP) is 1.48. The summed E-state index contributed by atoms with van der Waals surface area (Å²) in [6.45, 7) is 6.01. The van der Waals surface area contributed by atoms with E-state index < -0.39 is 0 Å². The van der Waals surface area contributed by atoms with Gasteiger partial charge in [0.05, 0.1) is 6.10 Å². The molecule has 0 radical (unpaired) electrons. The van der Waals surface area contributed by atoms with Gasteiger partial charge in [-0.2, -0.15) is 0 Å². The largest absolute Gasteiger partial charge is 0.392 e. The van der Waals surface area contributed by atoms with Crippen molar-refractivity contribution in [1.29, 1.82) is 0 Å². The molecule has 1 amide bonds. The van der Waals surface area contributed by atoms with Crippen molar-refractivity contribution < 1.29 is 9.90 Å². The first-order valence-corrected chi connectivity index (χ1v) is 7.83. The van der Waals surface area contributed by atoms with Crippen LogP contribution in [0.25, 0.3) is 0 Å². The van der Waals surface area contributed by atoms with Crippen LogP contribution in [0.5, 0.6) is 0 Å². The number of rotatable bonds is 5. The van der Waals surface area contributed by atoms with Gasteiger partial charge in [0.1, 0.15) is 0 Å². The molecule has 2 aliphatic rings. The summed E-state index contributed by atoms with van der Waals surface area (Å²) in [5, 5.41) is 9.36. The lowest BCUT2D eigenvalue weighted by molar-refractivity contribution is -0.133. The second kappa shape index (κ2) is 7.25. The number of aliphatic hydroxyl groups excluding tert-OH is 1. The minimum absolute atomic E-state index is 0.274. The second-order valence-electron chi connectivity index (χ2n) is 6.22. The van der Waals surface area contributed by atoms with Crippen LogP contribution in [0, 0.1) is 5.92 Å². The van der Waals surface area contributed by atoms with Crippen LogP contribution < -0.4 is 0 Å². The molecule has 0 aromatic carbocycles. The first-order valence-electron chi connectivity index (χ1n) is 7.83. The highest BCUT2D eigenvalue weighted by Crippen LogP contribution is 2.28. The number of carbonyl (C=O) groups excluding carboxylic acids is 1. The maximum absolute atomic E-state index is 12.1. The van der Waals surface area contributed by atoms with Gasteiger partial charge in [0, 0.05) is 39.1 Å². The average Bonchev–Trinajstić information content (AvgIpc) is 2.89. The molecule has 1 saturated heterocycles. The lowest BCUT2D eigenvalue weighted by Gasteiger charge is -2.35. The molecule has 0 bridgehead atoms. The van der Waals surface area contributed by atoms with E-state index in [1.807, 2.05) is 11.8 Å². The lowest BCUT2D eigenvalue weighted by atomic mass is 10.0. The van der Waals surface area contributed by atoms with Gasteiger partial charge < -0.3 is 10.0 Å². The molecular formula is C15H28N2O2. The molecule has 0 spiro atoms. The molecule has 1 atom stereocenters. The highest BCUT2D eigenvalue weighted by atomic mass is 16.3. The average molecular weight is 268 g/mol. The summed E-state index contributed by atoms with van der Waals surface area (Å²) in [6, 6.07) is 0. The Balaban J connectivity index is 1.64. The van der Waals surface area contributed by atoms with Gasteiger partial charge in [-0.05, 0) is 19.3 Å². The molecule has 4 nitrogen and oxygen atoms in total. The summed E-state index contributed by atoms with van der Waals surface area (Å²) in [5.74, 6) is 1.14. The Labute approximate surface area is 116 Å². The van der Waals surface area contributed by atoms with Crippen LogP contribution in [-0.4, -0.2) is 59.6 Å². The van der Waals surface area contributed by atoms with Crippen molar-refractivity contribution in [3.63, 3.8) is 0 Å². The molecule has 1 N–H and O–H groups in total. The summed E-state index contributed by atoms with van der Waals surface area (Å²) < 4.78 is 0. The Hall–Kier alpha value is -0.610. The molecule has 1 aliphatic carbocycles. The molecule has 2 rings (SSSR count). The fraction of sp³-hybridized carbons (Fsp3) is 0.933. The highest BCUT2D eigenvalue weighted by molar-refractivity contribution is 5.76. The van der Waals surface area contributed by atoms with Gasteiger partial charge in [-0.25, -0.2) is 0 Å². The smallest absolute Gasteiger partial charge is 0.222 e. The van der Waals surface area contributed by atoms with E-state index in [2.05, 4.69) is 4.90 Å². The molecule has 0 unspecified atom stereocenters. The van der Waals surface area contributed by atoms with Crippen LogP contribution in [0.1, 0.15) is 45.4 Å². The lowest BCUT2D eigenvalue weighted by Crippen LogP contribution is -2.50. The summed E-state index contributed by atoms with van der Waals surface area (Å²) in [5.41, 5.74) is 0. The zero-order valence-corrected chi connectivity index (χ0v) is 12.2. The molecule has 2 fully saturated rings. The van der Waals surface area contributed by atoms with E-state index >= 15 is 0 Å². The fourth-order valence-corrected chi connectivity index (χ4v) is 3.34. The Kier molecular flexibility index (Phi) is 5.64. The molecular weight excluding hydrogens is 240 g/mol. The van der Waals surface area contributed by atoms with Crippen LogP contribution in [0.2, 0.25) is 0 Å². The first kappa shape index (κ1) is 14.8. The Morgan fingerprint density at radius 2 is 1.84 bits per heavy atom. The monoisotopic (exact) mass is 268 g/mol. The van der Waals surface area contributed by atoms with Gasteiger partial charge in [-0.3, -0.25) is 9.69 Å². The number of amides is 1. The number of carbonyl (C=O) groups is 1. The maximum atomic E-state index is 12.1. The second-order valence-corrected chi connectivity index (χ2v) is 6.22. The number of nitrogens with zero attached hydrogens (tertiary/aromatic N) is 2. The van der Waals surface area contributed by atoms with E-state index in [4.69, 9.17) is 0 Å². The minimum atomic E-state index is -0.274. The van der Waals surface area contributed by atoms with Crippen LogP contribution >= 0.6 is 0 Å². The van der Waals surface area contributed by atoms with Gasteiger partial charge in [0.2, 0.25) is 5.91 Å². The summed E-state index contributed by atoms with van der Waals surface area (Å²) >= 11 is 0. The molecule has 110 valence electrons. The molecule has 4 heteroatoms. The third-order valence-corrected chi connectivity index (χ3v) is 4.49. The summed E-state index contributed by atoms with van der Waals surface area (Å²) in [7, 11) is 0. The zero-order valence-electron chi connectivity index (χ0n) is 12.2. The Morgan fingerprint density at radius 3 is 2.42 bits per heavy atom. The number of hydrogen-bond donors (Lipinski definition) is 1. The van der Waals surface area contributed by atoms with Crippen LogP contribution in [-0.2, 0) is 4.79 Å². The van der Waals surface area contributed by atoms with E-state index in [9.17, 15) is 9.90 Å². The zero-order chi connectivity index (χ0) is 13.7. The topological polar surface area (TPSA) is 43.8 Å². The first-order chi connectivity index (χ1) is 9.15. The van der Waals surface area contributed by atoms with Crippen LogP contribution in [0.3, 0.4) is 0 Å². The Morgan fingerprint density at radius 1 is 1.21 bits per heavy atom. The normalized spacial score (nSPS) is 23.8. The van der Waals surface area contributed by atoms with Crippen molar-refractivity contribution in [2.24, 2.45) is 5.92 Å². The van der Waals surface area contributed by atoms with E-state index in [0.29, 0.717) is 5.91 Å². The van der Waals surface area contributed by atoms with Gasteiger partial charge >= 0.3 is 0 Å². The number of piperazine rings is 1. The molecule has 19 heavy (non-hydrogen) atoms. The van der Waals surface area contributed by atoms with E-state index in [1.165, 1.54) is 25.7 Å². The number of hydrogen-bond acceptors (Lipinski definition) is 3. The van der Waals surface area contributed by atoms with Gasteiger partial charge in [-0.1, -0.05) is 25.7 Å². The van der Waals surface area contributed by atoms with Crippen LogP contribution in [0.15, 0.2) is 0 Å². The van der Waals surface area contributed by atoms with Gasteiger partial charge in [0.15, 0.2) is 0 Å². The van der Waals surface area contributed by atoms with Crippen molar-refractivity contribution in [3.8, 4) is 0 Å². The van der Waals surface area contributed by atoms with E-state index in [0.717, 1.165) is 51.5 Å². The Bertz CT molecular complexity index is 280. The number of β-amino-alcohol motifs (C(OH)–C–C–N with tert-alkyl or cyclic N) is 1. The highest BCUT2D eigenvalue weighted by Gasteiger charge is 2.23. The van der Waals surface area contributed by atoms with Gasteiger partial charge in [-0.15, -0.1) is 0 Å².